The van der Waals surface area contributed by atoms with Crippen LogP contribution in [-0.2, 0) is 9.53 Å². The third kappa shape index (κ3) is 3.75. The van der Waals surface area contributed by atoms with Crippen LogP contribution in [0.15, 0.2) is 42.5 Å². The molecule has 0 bridgehead atoms. The molecule has 0 saturated heterocycles. The first-order chi connectivity index (χ1) is 12.0. The molecule has 1 atom stereocenters. The number of carbonyl (C=O) groups excluding carboxylic acids is 2. The summed E-state index contributed by atoms with van der Waals surface area (Å²) in [6.07, 6.45) is -1.04. The number of hydrogen-bond acceptors (Lipinski definition) is 4. The van der Waals surface area contributed by atoms with Gasteiger partial charge < -0.3 is 10.1 Å². The quantitative estimate of drug-likeness (QED) is 0.671. The summed E-state index contributed by atoms with van der Waals surface area (Å²) in [5.41, 5.74) is 1.17. The monoisotopic (exact) mass is 377 g/mol. The summed E-state index contributed by atoms with van der Waals surface area (Å²) >= 11 is 11.9. The Labute approximate surface area is 153 Å². The Balaban J connectivity index is 1.71. The average molecular weight is 378 g/mol. The topological polar surface area (TPSA) is 84.1 Å². The number of anilines is 1. The Morgan fingerprint density at radius 1 is 1.20 bits per heavy atom. The third-order valence-electron chi connectivity index (χ3n) is 3.50. The second-order valence-electron chi connectivity index (χ2n) is 5.28. The number of halogens is 2. The molecule has 6 nitrogen and oxygen atoms in total. The van der Waals surface area contributed by atoms with E-state index in [4.69, 9.17) is 27.9 Å². The molecule has 128 valence electrons. The normalized spacial score (nSPS) is 12.0. The minimum absolute atomic E-state index is 0.121. The number of aromatic amines is 1. The predicted octanol–water partition coefficient (Wildman–Crippen LogP) is 4.05. The van der Waals surface area contributed by atoms with Crippen LogP contribution in [0.1, 0.15) is 17.4 Å². The number of esters is 1. The number of amides is 1. The van der Waals surface area contributed by atoms with Gasteiger partial charge in [0.05, 0.1) is 16.2 Å². The fourth-order valence-electron chi connectivity index (χ4n) is 2.22. The zero-order valence-electron chi connectivity index (χ0n) is 13.0. The summed E-state index contributed by atoms with van der Waals surface area (Å²) < 4.78 is 5.20. The maximum atomic E-state index is 12.3. The number of rotatable bonds is 4. The number of H-pyrrole nitrogens is 1. The molecule has 0 fully saturated rings. The van der Waals surface area contributed by atoms with Crippen LogP contribution in [0.2, 0.25) is 10.0 Å². The Morgan fingerprint density at radius 3 is 2.76 bits per heavy atom. The fourth-order valence-corrected chi connectivity index (χ4v) is 2.55. The molecule has 1 unspecified atom stereocenters. The standard InChI is InChI=1S/C17H13Cl2N3O3/c1-9(16(23)20-14-8-10(18)6-7-12(14)19)25-17(24)15-11-4-2-3-5-13(11)21-22-15/h2-9H,1H3,(H,20,23)(H,21,22). The molecule has 2 N–H and O–H groups in total. The summed E-state index contributed by atoms with van der Waals surface area (Å²) in [4.78, 5) is 24.5. The first kappa shape index (κ1) is 17.3. The molecule has 0 aliphatic carbocycles. The van der Waals surface area contributed by atoms with Crippen molar-refractivity contribution in [1.82, 2.24) is 10.2 Å². The van der Waals surface area contributed by atoms with Gasteiger partial charge in [0, 0.05) is 10.4 Å². The minimum atomic E-state index is -1.04. The number of para-hydroxylation sites is 1. The van der Waals surface area contributed by atoms with Crippen molar-refractivity contribution in [1.29, 1.82) is 0 Å². The molecule has 0 saturated carbocycles. The molecular weight excluding hydrogens is 365 g/mol. The van der Waals surface area contributed by atoms with Crippen molar-refractivity contribution in [2.45, 2.75) is 13.0 Å². The molecule has 0 aliphatic heterocycles. The zero-order chi connectivity index (χ0) is 18.0. The molecule has 0 spiro atoms. The van der Waals surface area contributed by atoms with Crippen LogP contribution >= 0.6 is 23.2 Å². The summed E-state index contributed by atoms with van der Waals surface area (Å²) in [5, 5.41) is 10.6. The molecular formula is C17H13Cl2N3O3. The number of nitrogens with zero attached hydrogens (tertiary/aromatic N) is 1. The molecule has 0 aliphatic rings. The van der Waals surface area contributed by atoms with Crippen LogP contribution in [0.25, 0.3) is 10.9 Å². The fraction of sp³-hybridized carbons (Fsp3) is 0.118. The van der Waals surface area contributed by atoms with Crippen molar-refractivity contribution in [3.05, 3.63) is 58.2 Å². The van der Waals surface area contributed by atoms with Gasteiger partial charge in [-0.2, -0.15) is 5.10 Å². The molecule has 2 aromatic carbocycles. The van der Waals surface area contributed by atoms with E-state index in [1.165, 1.54) is 13.0 Å². The van der Waals surface area contributed by atoms with E-state index in [2.05, 4.69) is 15.5 Å². The SMILES string of the molecule is CC(OC(=O)c1n[nH]c2ccccc12)C(=O)Nc1cc(Cl)ccc1Cl. The van der Waals surface area contributed by atoms with Crippen molar-refractivity contribution in [3.63, 3.8) is 0 Å². The molecule has 3 aromatic rings. The van der Waals surface area contributed by atoms with Gasteiger partial charge in [0.1, 0.15) is 0 Å². The number of carbonyl (C=O) groups is 2. The first-order valence-electron chi connectivity index (χ1n) is 7.35. The van der Waals surface area contributed by atoms with Gasteiger partial charge in [-0.3, -0.25) is 9.89 Å². The van der Waals surface area contributed by atoms with Crippen LogP contribution in [0.5, 0.6) is 0 Å². The number of nitrogens with one attached hydrogen (secondary N) is 2. The van der Waals surface area contributed by atoms with Crippen LogP contribution in [-0.4, -0.2) is 28.2 Å². The van der Waals surface area contributed by atoms with Gasteiger partial charge in [-0.15, -0.1) is 0 Å². The Bertz CT molecular complexity index is 955. The van der Waals surface area contributed by atoms with Gasteiger partial charge in [-0.05, 0) is 31.2 Å². The van der Waals surface area contributed by atoms with E-state index in [9.17, 15) is 9.59 Å². The Hall–Kier alpha value is -2.57. The van der Waals surface area contributed by atoms with Crippen molar-refractivity contribution in [2.75, 3.05) is 5.32 Å². The number of fused-ring (bicyclic) bond motifs is 1. The highest BCUT2D eigenvalue weighted by molar-refractivity contribution is 6.35. The number of ether oxygens (including phenoxy) is 1. The maximum absolute atomic E-state index is 12.3. The van der Waals surface area contributed by atoms with E-state index in [1.54, 1.807) is 30.3 Å². The van der Waals surface area contributed by atoms with Crippen LogP contribution < -0.4 is 5.32 Å². The van der Waals surface area contributed by atoms with Crippen LogP contribution in [0, 0.1) is 0 Å². The van der Waals surface area contributed by atoms with E-state index < -0.39 is 18.0 Å². The van der Waals surface area contributed by atoms with Crippen molar-refractivity contribution >= 4 is 51.7 Å². The van der Waals surface area contributed by atoms with Gasteiger partial charge in [0.15, 0.2) is 11.8 Å². The van der Waals surface area contributed by atoms with Gasteiger partial charge in [-0.1, -0.05) is 41.4 Å². The Morgan fingerprint density at radius 2 is 1.96 bits per heavy atom. The van der Waals surface area contributed by atoms with Gasteiger partial charge in [-0.25, -0.2) is 4.79 Å². The lowest BCUT2D eigenvalue weighted by Gasteiger charge is -2.14. The first-order valence-corrected chi connectivity index (χ1v) is 8.11. The van der Waals surface area contributed by atoms with E-state index in [-0.39, 0.29) is 5.69 Å². The van der Waals surface area contributed by atoms with E-state index in [1.807, 2.05) is 6.07 Å². The van der Waals surface area contributed by atoms with Gasteiger partial charge in [0.2, 0.25) is 0 Å². The third-order valence-corrected chi connectivity index (χ3v) is 4.07. The van der Waals surface area contributed by atoms with Gasteiger partial charge >= 0.3 is 5.97 Å². The maximum Gasteiger partial charge on any atom is 0.360 e. The summed E-state index contributed by atoms with van der Waals surface area (Å²) in [5.74, 6) is -1.23. The smallest absolute Gasteiger partial charge is 0.360 e. The molecule has 1 aromatic heterocycles. The Kier molecular flexibility index (Phi) is 4.92. The van der Waals surface area contributed by atoms with E-state index >= 15 is 0 Å². The van der Waals surface area contributed by atoms with Crippen molar-refractivity contribution < 1.29 is 14.3 Å². The van der Waals surface area contributed by atoms with Crippen LogP contribution in [0.4, 0.5) is 5.69 Å². The highest BCUT2D eigenvalue weighted by atomic mass is 35.5. The van der Waals surface area contributed by atoms with E-state index in [0.29, 0.717) is 26.6 Å². The zero-order valence-corrected chi connectivity index (χ0v) is 14.6. The lowest BCUT2D eigenvalue weighted by molar-refractivity contribution is -0.123. The summed E-state index contributed by atoms with van der Waals surface area (Å²) in [6, 6.07) is 11.8. The molecule has 3 rings (SSSR count). The largest absolute Gasteiger partial charge is 0.448 e. The molecule has 25 heavy (non-hydrogen) atoms. The van der Waals surface area contributed by atoms with E-state index in [0.717, 1.165) is 0 Å². The second kappa shape index (κ2) is 7.13. The predicted molar refractivity (Wildman–Crippen MR) is 96.1 cm³/mol. The highest BCUT2D eigenvalue weighted by Gasteiger charge is 2.22. The molecule has 1 amide bonds. The number of aromatic nitrogens is 2. The highest BCUT2D eigenvalue weighted by Crippen LogP contribution is 2.25. The van der Waals surface area contributed by atoms with Crippen molar-refractivity contribution in [2.24, 2.45) is 0 Å². The summed E-state index contributed by atoms with van der Waals surface area (Å²) in [7, 11) is 0. The van der Waals surface area contributed by atoms with Gasteiger partial charge in [0.25, 0.3) is 5.91 Å². The minimum Gasteiger partial charge on any atom is -0.448 e. The lowest BCUT2D eigenvalue weighted by Crippen LogP contribution is -2.30. The second-order valence-corrected chi connectivity index (χ2v) is 6.12. The number of benzene rings is 2. The summed E-state index contributed by atoms with van der Waals surface area (Å²) in [6.45, 7) is 1.46. The number of hydrogen-bond donors (Lipinski definition) is 2. The average Bonchev–Trinajstić information content (AvgIpc) is 3.02. The van der Waals surface area contributed by atoms with Crippen LogP contribution in [0.3, 0.4) is 0 Å². The lowest BCUT2D eigenvalue weighted by atomic mass is 10.2. The molecule has 8 heteroatoms. The van der Waals surface area contributed by atoms with Crippen molar-refractivity contribution in [3.8, 4) is 0 Å². The molecule has 0 radical (unpaired) electrons. The molecule has 1 heterocycles.